The summed E-state index contributed by atoms with van der Waals surface area (Å²) >= 11 is 0. The van der Waals surface area contributed by atoms with Gasteiger partial charge in [-0.25, -0.2) is 13.2 Å². The van der Waals surface area contributed by atoms with Gasteiger partial charge in [0.15, 0.2) is 0 Å². The van der Waals surface area contributed by atoms with Crippen molar-refractivity contribution in [3.63, 3.8) is 0 Å². The van der Waals surface area contributed by atoms with E-state index in [1.807, 2.05) is 12.1 Å². The third-order valence-electron chi connectivity index (χ3n) is 4.79. The minimum absolute atomic E-state index is 0.151. The van der Waals surface area contributed by atoms with Gasteiger partial charge in [-0.3, -0.25) is 9.62 Å². The van der Waals surface area contributed by atoms with Crippen LogP contribution in [0.15, 0.2) is 77.7 Å². The second-order valence-corrected chi connectivity index (χ2v) is 8.51. The number of nitrogens with zero attached hydrogens (tertiary/aromatic N) is 1. The summed E-state index contributed by atoms with van der Waals surface area (Å²) in [5.74, 6) is 0.965. The number of carbonyl (C=O) groups is 1. The standard InChI is InChI=1S/C22H20N2O5S/c1-28-17-10-12-19(13-11-17)30(26,27)24-15-14-16-6-5-9-20(21(16)24)23-22(25)29-18-7-3-2-4-8-18/h2-13H,14-15H2,1H3,(H,23,25). The Labute approximate surface area is 174 Å². The first-order chi connectivity index (χ1) is 14.5. The lowest BCUT2D eigenvalue weighted by Crippen LogP contribution is -2.30. The summed E-state index contributed by atoms with van der Waals surface area (Å²) in [6, 6.07) is 20.2. The highest BCUT2D eigenvalue weighted by Crippen LogP contribution is 2.39. The predicted molar refractivity (Wildman–Crippen MR) is 114 cm³/mol. The van der Waals surface area contributed by atoms with Crippen LogP contribution in [0.4, 0.5) is 16.2 Å². The summed E-state index contributed by atoms with van der Waals surface area (Å²) in [4.78, 5) is 12.5. The van der Waals surface area contributed by atoms with E-state index in [1.54, 1.807) is 48.5 Å². The van der Waals surface area contributed by atoms with E-state index in [-0.39, 0.29) is 11.4 Å². The molecule has 0 aromatic heterocycles. The number of benzene rings is 3. The number of sulfonamides is 1. The monoisotopic (exact) mass is 424 g/mol. The molecule has 3 aromatic carbocycles. The average molecular weight is 424 g/mol. The molecule has 1 aliphatic rings. The summed E-state index contributed by atoms with van der Waals surface area (Å²) in [6.45, 7) is 0.288. The van der Waals surface area contributed by atoms with Gasteiger partial charge < -0.3 is 9.47 Å². The smallest absolute Gasteiger partial charge is 0.417 e. The van der Waals surface area contributed by atoms with Crippen LogP contribution in [-0.2, 0) is 16.4 Å². The van der Waals surface area contributed by atoms with Crippen LogP contribution in [-0.4, -0.2) is 28.2 Å². The highest BCUT2D eigenvalue weighted by molar-refractivity contribution is 7.92. The Bertz CT molecular complexity index is 1160. The van der Waals surface area contributed by atoms with E-state index in [4.69, 9.17) is 9.47 Å². The Hall–Kier alpha value is -3.52. The molecule has 0 bridgehead atoms. The molecule has 0 saturated heterocycles. The highest BCUT2D eigenvalue weighted by atomic mass is 32.2. The fraction of sp³-hybridized carbons (Fsp3) is 0.136. The molecule has 1 N–H and O–H groups in total. The highest BCUT2D eigenvalue weighted by Gasteiger charge is 2.33. The number of fused-ring (bicyclic) bond motifs is 1. The van der Waals surface area contributed by atoms with Gasteiger partial charge in [0.25, 0.3) is 10.0 Å². The van der Waals surface area contributed by atoms with Crippen LogP contribution in [0.2, 0.25) is 0 Å². The Morgan fingerprint density at radius 3 is 2.37 bits per heavy atom. The molecule has 1 amide bonds. The van der Waals surface area contributed by atoms with E-state index in [1.165, 1.54) is 23.5 Å². The number of anilines is 2. The SMILES string of the molecule is COc1ccc(S(=O)(=O)N2CCc3cccc(NC(=O)Oc4ccccc4)c32)cc1. The number of para-hydroxylation sites is 2. The number of ether oxygens (including phenoxy) is 2. The Morgan fingerprint density at radius 1 is 0.933 bits per heavy atom. The molecule has 0 unspecified atom stereocenters. The molecule has 1 aliphatic heterocycles. The second-order valence-electron chi connectivity index (χ2n) is 6.64. The third-order valence-corrected chi connectivity index (χ3v) is 6.60. The van der Waals surface area contributed by atoms with Crippen LogP contribution in [0.1, 0.15) is 5.56 Å². The molecule has 8 heteroatoms. The van der Waals surface area contributed by atoms with Crippen molar-refractivity contribution < 1.29 is 22.7 Å². The van der Waals surface area contributed by atoms with Crippen molar-refractivity contribution in [1.82, 2.24) is 0 Å². The first-order valence-corrected chi connectivity index (χ1v) is 10.8. The largest absolute Gasteiger partial charge is 0.497 e. The fourth-order valence-electron chi connectivity index (χ4n) is 3.37. The summed E-state index contributed by atoms with van der Waals surface area (Å²) in [5.41, 5.74) is 1.67. The maximum Gasteiger partial charge on any atom is 0.417 e. The quantitative estimate of drug-likeness (QED) is 0.668. The van der Waals surface area contributed by atoms with Crippen molar-refractivity contribution >= 4 is 27.5 Å². The molecule has 0 aliphatic carbocycles. The van der Waals surface area contributed by atoms with Crippen LogP contribution in [0, 0.1) is 0 Å². The number of amides is 1. The molecule has 1 heterocycles. The number of rotatable bonds is 5. The van der Waals surface area contributed by atoms with Gasteiger partial charge in [0, 0.05) is 6.54 Å². The van der Waals surface area contributed by atoms with Gasteiger partial charge in [0.05, 0.1) is 23.4 Å². The summed E-state index contributed by atoms with van der Waals surface area (Å²) in [6.07, 6.45) is -0.142. The average Bonchev–Trinajstić information content (AvgIpc) is 3.20. The van der Waals surface area contributed by atoms with Gasteiger partial charge in [-0.15, -0.1) is 0 Å². The zero-order valence-electron chi connectivity index (χ0n) is 16.2. The molecular formula is C22H20N2O5S. The van der Waals surface area contributed by atoms with Gasteiger partial charge in [-0.05, 0) is 54.4 Å². The lowest BCUT2D eigenvalue weighted by Gasteiger charge is -2.22. The molecule has 0 fully saturated rings. The van der Waals surface area contributed by atoms with Crippen molar-refractivity contribution in [3.05, 3.63) is 78.4 Å². The molecule has 154 valence electrons. The molecule has 4 rings (SSSR count). The van der Waals surface area contributed by atoms with E-state index in [0.29, 0.717) is 29.3 Å². The van der Waals surface area contributed by atoms with Crippen LogP contribution in [0.25, 0.3) is 0 Å². The number of hydrogen-bond acceptors (Lipinski definition) is 5. The number of methoxy groups -OCH3 is 1. The van der Waals surface area contributed by atoms with Crippen molar-refractivity contribution in [3.8, 4) is 11.5 Å². The van der Waals surface area contributed by atoms with Crippen LogP contribution in [0.5, 0.6) is 11.5 Å². The lowest BCUT2D eigenvalue weighted by molar-refractivity contribution is 0.215. The molecule has 0 atom stereocenters. The van der Waals surface area contributed by atoms with E-state index < -0.39 is 16.1 Å². The maximum absolute atomic E-state index is 13.3. The predicted octanol–water partition coefficient (Wildman–Crippen LogP) is 4.06. The molecule has 0 saturated carbocycles. The molecule has 0 spiro atoms. The number of nitrogens with one attached hydrogen (secondary N) is 1. The third kappa shape index (κ3) is 3.81. The summed E-state index contributed by atoms with van der Waals surface area (Å²) < 4.78 is 38.2. The van der Waals surface area contributed by atoms with E-state index in [9.17, 15) is 13.2 Å². The molecular weight excluding hydrogens is 404 g/mol. The zero-order valence-corrected chi connectivity index (χ0v) is 17.1. The van der Waals surface area contributed by atoms with Crippen molar-refractivity contribution in [2.75, 3.05) is 23.3 Å². The van der Waals surface area contributed by atoms with Crippen molar-refractivity contribution in [1.29, 1.82) is 0 Å². The van der Waals surface area contributed by atoms with Gasteiger partial charge >= 0.3 is 6.09 Å². The summed E-state index contributed by atoms with van der Waals surface area (Å²) in [5, 5.41) is 2.68. The normalized spacial score (nSPS) is 12.9. The summed E-state index contributed by atoms with van der Waals surface area (Å²) in [7, 11) is -2.29. The minimum atomic E-state index is -3.81. The number of carbonyl (C=O) groups excluding carboxylic acids is 1. The Morgan fingerprint density at radius 2 is 1.67 bits per heavy atom. The lowest BCUT2D eigenvalue weighted by atomic mass is 10.1. The molecule has 7 nitrogen and oxygen atoms in total. The first-order valence-electron chi connectivity index (χ1n) is 9.31. The molecule has 0 radical (unpaired) electrons. The van der Waals surface area contributed by atoms with Crippen molar-refractivity contribution in [2.24, 2.45) is 0 Å². The van der Waals surface area contributed by atoms with Crippen LogP contribution >= 0.6 is 0 Å². The van der Waals surface area contributed by atoms with Crippen LogP contribution in [0.3, 0.4) is 0 Å². The zero-order chi connectivity index (χ0) is 21.1. The Balaban J connectivity index is 1.63. The topological polar surface area (TPSA) is 84.9 Å². The van der Waals surface area contributed by atoms with E-state index >= 15 is 0 Å². The second kappa shape index (κ2) is 8.08. The van der Waals surface area contributed by atoms with E-state index in [0.717, 1.165) is 5.56 Å². The molecule has 30 heavy (non-hydrogen) atoms. The van der Waals surface area contributed by atoms with Gasteiger partial charge in [-0.1, -0.05) is 30.3 Å². The number of hydrogen-bond donors (Lipinski definition) is 1. The first kappa shape index (κ1) is 19.8. The van der Waals surface area contributed by atoms with Gasteiger partial charge in [0.2, 0.25) is 0 Å². The Kier molecular flexibility index (Phi) is 5.33. The van der Waals surface area contributed by atoms with E-state index in [2.05, 4.69) is 5.32 Å². The maximum atomic E-state index is 13.3. The minimum Gasteiger partial charge on any atom is -0.497 e. The van der Waals surface area contributed by atoms with Crippen LogP contribution < -0.4 is 19.1 Å². The van der Waals surface area contributed by atoms with Gasteiger partial charge in [0.1, 0.15) is 11.5 Å². The fourth-order valence-corrected chi connectivity index (χ4v) is 4.89. The van der Waals surface area contributed by atoms with Crippen molar-refractivity contribution in [2.45, 2.75) is 11.3 Å². The van der Waals surface area contributed by atoms with Gasteiger partial charge in [-0.2, -0.15) is 0 Å². The molecule has 3 aromatic rings.